The van der Waals surface area contributed by atoms with Crippen LogP contribution < -0.4 is 10.9 Å². The fraction of sp³-hybridized carbons (Fsp3) is 0.235. The van der Waals surface area contributed by atoms with Gasteiger partial charge in [-0.2, -0.15) is 5.26 Å². The number of carbonyl (C=O) groups is 1. The van der Waals surface area contributed by atoms with Crippen molar-refractivity contribution in [2.45, 2.75) is 27.3 Å². The molecule has 0 aliphatic heterocycles. The molecule has 22 heavy (non-hydrogen) atoms. The van der Waals surface area contributed by atoms with Crippen LogP contribution in [0.2, 0.25) is 0 Å². The molecule has 1 aromatic heterocycles. The van der Waals surface area contributed by atoms with E-state index < -0.39 is 5.56 Å². The van der Waals surface area contributed by atoms with Crippen molar-refractivity contribution >= 4 is 11.6 Å². The van der Waals surface area contributed by atoms with Crippen molar-refractivity contribution in [1.82, 2.24) is 4.57 Å². The third kappa shape index (κ3) is 3.41. The number of pyridine rings is 1. The maximum absolute atomic E-state index is 12.2. The molecule has 0 bridgehead atoms. The summed E-state index contributed by atoms with van der Waals surface area (Å²) in [7, 11) is 0. The summed E-state index contributed by atoms with van der Waals surface area (Å²) < 4.78 is 1.30. The summed E-state index contributed by atoms with van der Waals surface area (Å²) in [5, 5.41) is 11.7. The molecule has 0 spiro atoms. The fourth-order valence-corrected chi connectivity index (χ4v) is 2.34. The van der Waals surface area contributed by atoms with Crippen LogP contribution in [0.5, 0.6) is 0 Å². The second-order valence-electron chi connectivity index (χ2n) is 5.32. The first-order valence-corrected chi connectivity index (χ1v) is 6.89. The largest absolute Gasteiger partial charge is 0.325 e. The SMILES string of the molecule is Cc1cc(C)cc(NC(=O)Cn2c(C)ccc(C#N)c2=O)c1. The third-order valence-electron chi connectivity index (χ3n) is 3.32. The second kappa shape index (κ2) is 6.27. The van der Waals surface area contributed by atoms with Gasteiger partial charge in [0, 0.05) is 11.4 Å². The Morgan fingerprint density at radius 3 is 2.41 bits per heavy atom. The summed E-state index contributed by atoms with van der Waals surface area (Å²) in [4.78, 5) is 24.2. The molecule has 112 valence electrons. The molecule has 0 unspecified atom stereocenters. The third-order valence-corrected chi connectivity index (χ3v) is 3.32. The number of carbonyl (C=O) groups excluding carboxylic acids is 1. The number of aryl methyl sites for hydroxylation is 3. The molecule has 0 atom stereocenters. The smallest absolute Gasteiger partial charge is 0.269 e. The molecule has 1 N–H and O–H groups in total. The minimum absolute atomic E-state index is 0.0322. The molecule has 0 saturated carbocycles. The van der Waals surface area contributed by atoms with Gasteiger partial charge in [0.25, 0.3) is 5.56 Å². The Hall–Kier alpha value is -2.87. The molecule has 2 rings (SSSR count). The Labute approximate surface area is 128 Å². The van der Waals surface area contributed by atoms with Crippen molar-refractivity contribution in [3.8, 4) is 6.07 Å². The number of nitrogens with one attached hydrogen (secondary N) is 1. The lowest BCUT2D eigenvalue weighted by molar-refractivity contribution is -0.116. The van der Waals surface area contributed by atoms with Crippen LogP contribution in [0, 0.1) is 32.1 Å². The van der Waals surface area contributed by atoms with Gasteiger partial charge >= 0.3 is 0 Å². The molecule has 0 fully saturated rings. The van der Waals surface area contributed by atoms with Crippen molar-refractivity contribution in [2.24, 2.45) is 0 Å². The average molecular weight is 295 g/mol. The van der Waals surface area contributed by atoms with E-state index in [1.54, 1.807) is 13.0 Å². The number of nitrogens with zero attached hydrogens (tertiary/aromatic N) is 2. The van der Waals surface area contributed by atoms with E-state index >= 15 is 0 Å². The summed E-state index contributed by atoms with van der Waals surface area (Å²) in [5.74, 6) is -0.301. The van der Waals surface area contributed by atoms with Gasteiger partial charge in [-0.05, 0) is 56.2 Å². The van der Waals surface area contributed by atoms with Gasteiger partial charge in [0.05, 0.1) is 0 Å². The van der Waals surface area contributed by atoms with Gasteiger partial charge in [-0.1, -0.05) is 6.07 Å². The highest BCUT2D eigenvalue weighted by Gasteiger charge is 2.10. The van der Waals surface area contributed by atoms with Crippen molar-refractivity contribution in [3.05, 3.63) is 63.1 Å². The van der Waals surface area contributed by atoms with Crippen molar-refractivity contribution in [3.63, 3.8) is 0 Å². The van der Waals surface area contributed by atoms with Crippen LogP contribution in [-0.2, 0) is 11.3 Å². The molecule has 0 aliphatic rings. The summed E-state index contributed by atoms with van der Waals surface area (Å²) in [5.41, 5.74) is 3.03. The van der Waals surface area contributed by atoms with E-state index in [4.69, 9.17) is 5.26 Å². The first-order valence-electron chi connectivity index (χ1n) is 6.89. The van der Waals surface area contributed by atoms with Gasteiger partial charge in [-0.25, -0.2) is 0 Å². The number of benzene rings is 1. The van der Waals surface area contributed by atoms with Gasteiger partial charge in [-0.15, -0.1) is 0 Å². The number of anilines is 1. The number of nitriles is 1. The normalized spacial score (nSPS) is 10.1. The average Bonchev–Trinajstić information content (AvgIpc) is 2.42. The number of rotatable bonds is 3. The van der Waals surface area contributed by atoms with Gasteiger partial charge in [-0.3, -0.25) is 9.59 Å². The zero-order valence-corrected chi connectivity index (χ0v) is 12.8. The molecule has 0 radical (unpaired) electrons. The van der Waals surface area contributed by atoms with Gasteiger partial charge < -0.3 is 9.88 Å². The van der Waals surface area contributed by atoms with E-state index in [0.717, 1.165) is 11.1 Å². The highest BCUT2D eigenvalue weighted by atomic mass is 16.2. The maximum Gasteiger partial charge on any atom is 0.269 e. The maximum atomic E-state index is 12.2. The van der Waals surface area contributed by atoms with E-state index in [2.05, 4.69) is 5.32 Å². The molecule has 2 aromatic rings. The zero-order valence-electron chi connectivity index (χ0n) is 12.8. The number of amides is 1. The highest BCUT2D eigenvalue weighted by Crippen LogP contribution is 2.13. The van der Waals surface area contributed by atoms with Crippen LogP contribution in [0.1, 0.15) is 22.4 Å². The Balaban J connectivity index is 2.23. The van der Waals surface area contributed by atoms with Gasteiger partial charge in [0.1, 0.15) is 18.2 Å². The molecular weight excluding hydrogens is 278 g/mol. The van der Waals surface area contributed by atoms with Crippen LogP contribution >= 0.6 is 0 Å². The highest BCUT2D eigenvalue weighted by molar-refractivity contribution is 5.90. The first-order chi connectivity index (χ1) is 10.4. The van der Waals surface area contributed by atoms with Crippen LogP contribution in [0.3, 0.4) is 0 Å². The van der Waals surface area contributed by atoms with E-state index in [0.29, 0.717) is 11.4 Å². The van der Waals surface area contributed by atoms with Crippen molar-refractivity contribution in [1.29, 1.82) is 5.26 Å². The molecule has 5 heteroatoms. The minimum atomic E-state index is -0.446. The lowest BCUT2D eigenvalue weighted by atomic mass is 10.1. The molecule has 5 nitrogen and oxygen atoms in total. The van der Waals surface area contributed by atoms with Crippen LogP contribution in [0.25, 0.3) is 0 Å². The number of hydrogen-bond acceptors (Lipinski definition) is 3. The Morgan fingerprint density at radius 1 is 1.18 bits per heavy atom. The predicted octanol–water partition coefficient (Wildman–Crippen LogP) is 2.28. The summed E-state index contributed by atoms with van der Waals surface area (Å²) in [6, 6.07) is 10.7. The van der Waals surface area contributed by atoms with Gasteiger partial charge in [0.2, 0.25) is 5.91 Å². The van der Waals surface area contributed by atoms with E-state index in [1.165, 1.54) is 10.6 Å². The van der Waals surface area contributed by atoms with Crippen LogP contribution in [0.15, 0.2) is 35.1 Å². The number of hydrogen-bond donors (Lipinski definition) is 1. The Morgan fingerprint density at radius 2 is 1.82 bits per heavy atom. The van der Waals surface area contributed by atoms with Crippen molar-refractivity contribution < 1.29 is 4.79 Å². The topological polar surface area (TPSA) is 74.9 Å². The first kappa shape index (κ1) is 15.5. The summed E-state index contributed by atoms with van der Waals surface area (Å²) >= 11 is 0. The van der Waals surface area contributed by atoms with Crippen molar-refractivity contribution in [2.75, 3.05) is 5.32 Å². The minimum Gasteiger partial charge on any atom is -0.325 e. The molecule has 0 aliphatic carbocycles. The Bertz CT molecular complexity index is 809. The van der Waals surface area contributed by atoms with E-state index in [-0.39, 0.29) is 18.0 Å². The molecule has 1 heterocycles. The molecule has 0 saturated heterocycles. The standard InChI is InChI=1S/C17H17N3O2/c1-11-6-12(2)8-15(7-11)19-16(21)10-20-13(3)4-5-14(9-18)17(20)22/h4-8H,10H2,1-3H3,(H,19,21). The zero-order chi connectivity index (χ0) is 16.3. The quantitative estimate of drug-likeness (QED) is 0.944. The number of aromatic nitrogens is 1. The fourth-order valence-electron chi connectivity index (χ4n) is 2.34. The van der Waals surface area contributed by atoms with E-state index in [9.17, 15) is 9.59 Å². The van der Waals surface area contributed by atoms with Gasteiger partial charge in [0.15, 0.2) is 0 Å². The Kier molecular flexibility index (Phi) is 4.42. The predicted molar refractivity (Wildman–Crippen MR) is 84.7 cm³/mol. The second-order valence-corrected chi connectivity index (χ2v) is 5.32. The molecule has 1 amide bonds. The monoisotopic (exact) mass is 295 g/mol. The van der Waals surface area contributed by atoms with Crippen LogP contribution in [-0.4, -0.2) is 10.5 Å². The lowest BCUT2D eigenvalue weighted by Gasteiger charge is -2.11. The molecular formula is C17H17N3O2. The summed E-state index contributed by atoms with van der Waals surface area (Å²) in [6.45, 7) is 5.52. The lowest BCUT2D eigenvalue weighted by Crippen LogP contribution is -2.30. The summed E-state index contributed by atoms with van der Waals surface area (Å²) in [6.07, 6.45) is 0. The molecule has 1 aromatic carbocycles. The van der Waals surface area contributed by atoms with Crippen LogP contribution in [0.4, 0.5) is 5.69 Å². The van der Waals surface area contributed by atoms with E-state index in [1.807, 2.05) is 38.1 Å².